The molecular formula is C16H14N4O5. The summed E-state index contributed by atoms with van der Waals surface area (Å²) in [5.74, 6) is -0.0618. The van der Waals surface area contributed by atoms with Gasteiger partial charge in [0.1, 0.15) is 11.4 Å². The molecule has 1 amide bonds. The minimum atomic E-state index is -0.529. The zero-order valence-corrected chi connectivity index (χ0v) is 13.2. The molecule has 0 atom stereocenters. The standard InChI is InChI=1S/C16H14N4O5/c1-2-25-18-16(21)14-10-13(15-7-4-8-24-15)17-19(14)11-5-3-6-12(9-11)20(22)23/h3-10H,2H2,1H3,(H,18,21). The van der Waals surface area contributed by atoms with Gasteiger partial charge in [0.15, 0.2) is 5.76 Å². The molecule has 2 aromatic heterocycles. The molecule has 9 heteroatoms. The van der Waals surface area contributed by atoms with Crippen LogP contribution >= 0.6 is 0 Å². The quantitative estimate of drug-likeness (QED) is 0.544. The Balaban J connectivity index is 2.08. The third kappa shape index (κ3) is 3.40. The molecule has 2 heterocycles. The van der Waals surface area contributed by atoms with Gasteiger partial charge >= 0.3 is 0 Å². The van der Waals surface area contributed by atoms with Crippen molar-refractivity contribution in [2.24, 2.45) is 0 Å². The highest BCUT2D eigenvalue weighted by molar-refractivity contribution is 5.93. The largest absolute Gasteiger partial charge is 0.463 e. The van der Waals surface area contributed by atoms with Crippen LogP contribution in [0.25, 0.3) is 17.1 Å². The van der Waals surface area contributed by atoms with Gasteiger partial charge in [0.05, 0.1) is 23.5 Å². The molecule has 0 bridgehead atoms. The lowest BCUT2D eigenvalue weighted by atomic mass is 10.2. The van der Waals surface area contributed by atoms with E-state index in [0.29, 0.717) is 23.7 Å². The van der Waals surface area contributed by atoms with E-state index < -0.39 is 10.8 Å². The van der Waals surface area contributed by atoms with E-state index in [1.165, 1.54) is 35.2 Å². The molecule has 0 radical (unpaired) electrons. The number of hydroxylamine groups is 1. The van der Waals surface area contributed by atoms with Gasteiger partial charge in [0, 0.05) is 18.2 Å². The number of nitro groups is 1. The number of non-ortho nitro benzene ring substituents is 1. The average Bonchev–Trinajstić information content (AvgIpc) is 3.29. The number of aromatic nitrogens is 2. The number of nitro benzene ring substituents is 1. The van der Waals surface area contributed by atoms with Crippen LogP contribution in [0.3, 0.4) is 0 Å². The van der Waals surface area contributed by atoms with E-state index in [0.717, 1.165) is 0 Å². The summed E-state index contributed by atoms with van der Waals surface area (Å²) in [6, 6.07) is 10.7. The van der Waals surface area contributed by atoms with Crippen molar-refractivity contribution in [2.75, 3.05) is 6.61 Å². The van der Waals surface area contributed by atoms with Crippen molar-refractivity contribution in [2.45, 2.75) is 6.92 Å². The molecule has 25 heavy (non-hydrogen) atoms. The van der Waals surface area contributed by atoms with Crippen LogP contribution in [0.1, 0.15) is 17.4 Å². The summed E-state index contributed by atoms with van der Waals surface area (Å²) >= 11 is 0. The molecule has 3 aromatic rings. The Morgan fingerprint density at radius 1 is 1.36 bits per heavy atom. The number of rotatable bonds is 6. The molecule has 0 aliphatic carbocycles. The Morgan fingerprint density at radius 3 is 2.88 bits per heavy atom. The van der Waals surface area contributed by atoms with Crippen LogP contribution in [0.2, 0.25) is 0 Å². The third-order valence-corrected chi connectivity index (χ3v) is 3.31. The molecule has 0 fully saturated rings. The Kier molecular flexibility index (Phi) is 4.57. The number of amides is 1. The average molecular weight is 342 g/mol. The molecule has 128 valence electrons. The van der Waals surface area contributed by atoms with Crippen LogP contribution in [0.4, 0.5) is 5.69 Å². The second-order valence-electron chi connectivity index (χ2n) is 4.95. The number of carbonyl (C=O) groups excluding carboxylic acids is 1. The summed E-state index contributed by atoms with van der Waals surface area (Å²) in [4.78, 5) is 27.8. The van der Waals surface area contributed by atoms with E-state index in [4.69, 9.17) is 9.25 Å². The first-order valence-corrected chi connectivity index (χ1v) is 7.41. The topological polar surface area (TPSA) is 112 Å². The van der Waals surface area contributed by atoms with E-state index in [9.17, 15) is 14.9 Å². The van der Waals surface area contributed by atoms with Crippen molar-refractivity contribution in [1.82, 2.24) is 15.3 Å². The predicted octanol–water partition coefficient (Wildman–Crippen LogP) is 2.72. The minimum Gasteiger partial charge on any atom is -0.463 e. The zero-order chi connectivity index (χ0) is 17.8. The van der Waals surface area contributed by atoms with Crippen molar-refractivity contribution in [1.29, 1.82) is 0 Å². The van der Waals surface area contributed by atoms with Gasteiger partial charge in [-0.25, -0.2) is 10.2 Å². The van der Waals surface area contributed by atoms with Gasteiger partial charge in [0.25, 0.3) is 11.6 Å². The fourth-order valence-electron chi connectivity index (χ4n) is 2.21. The lowest BCUT2D eigenvalue weighted by Crippen LogP contribution is -2.26. The smallest absolute Gasteiger partial charge is 0.293 e. The number of hydrogen-bond acceptors (Lipinski definition) is 6. The van der Waals surface area contributed by atoms with Crippen molar-refractivity contribution >= 4 is 11.6 Å². The van der Waals surface area contributed by atoms with Crippen molar-refractivity contribution in [3.05, 3.63) is 64.5 Å². The Hall–Kier alpha value is -3.46. The van der Waals surface area contributed by atoms with Gasteiger partial charge in [-0.15, -0.1) is 0 Å². The highest BCUT2D eigenvalue weighted by Gasteiger charge is 2.20. The van der Waals surface area contributed by atoms with E-state index >= 15 is 0 Å². The van der Waals surface area contributed by atoms with Crippen molar-refractivity contribution < 1.29 is 19.0 Å². The molecule has 3 rings (SSSR count). The summed E-state index contributed by atoms with van der Waals surface area (Å²) < 4.78 is 6.60. The molecule has 9 nitrogen and oxygen atoms in total. The lowest BCUT2D eigenvalue weighted by molar-refractivity contribution is -0.384. The van der Waals surface area contributed by atoms with Crippen molar-refractivity contribution in [3.8, 4) is 17.1 Å². The second kappa shape index (κ2) is 6.97. The van der Waals surface area contributed by atoms with Crippen molar-refractivity contribution in [3.63, 3.8) is 0 Å². The van der Waals surface area contributed by atoms with Crippen LogP contribution < -0.4 is 5.48 Å². The number of nitrogens with zero attached hydrogens (tertiary/aromatic N) is 3. The summed E-state index contributed by atoms with van der Waals surface area (Å²) in [6.45, 7) is 2.02. The zero-order valence-electron chi connectivity index (χ0n) is 13.2. The molecular weight excluding hydrogens is 328 g/mol. The molecule has 0 spiro atoms. The first-order chi connectivity index (χ1) is 12.1. The monoisotopic (exact) mass is 342 g/mol. The number of benzene rings is 1. The number of hydrogen-bond donors (Lipinski definition) is 1. The number of nitrogens with one attached hydrogen (secondary N) is 1. The fraction of sp³-hybridized carbons (Fsp3) is 0.125. The van der Waals surface area contributed by atoms with Crippen LogP contribution in [0.15, 0.2) is 53.1 Å². The van der Waals surface area contributed by atoms with Crippen LogP contribution in [0.5, 0.6) is 0 Å². The highest BCUT2D eigenvalue weighted by Crippen LogP contribution is 2.24. The molecule has 0 unspecified atom stereocenters. The van der Waals surface area contributed by atoms with E-state index in [1.54, 1.807) is 25.1 Å². The molecule has 1 N–H and O–H groups in total. The number of carbonyl (C=O) groups is 1. The molecule has 0 saturated heterocycles. The van der Waals surface area contributed by atoms with Gasteiger partial charge in [0.2, 0.25) is 0 Å². The summed E-state index contributed by atoms with van der Waals surface area (Å²) in [5.41, 5.74) is 3.12. The van der Waals surface area contributed by atoms with Gasteiger partial charge in [-0.1, -0.05) is 6.07 Å². The molecule has 0 saturated carbocycles. The normalized spacial score (nSPS) is 10.6. The van der Waals surface area contributed by atoms with Gasteiger partial charge in [-0.3, -0.25) is 19.7 Å². The maximum absolute atomic E-state index is 12.3. The van der Waals surface area contributed by atoms with Gasteiger partial charge < -0.3 is 4.42 Å². The molecule has 0 aliphatic rings. The first kappa shape index (κ1) is 16.4. The maximum atomic E-state index is 12.3. The molecule has 1 aromatic carbocycles. The first-order valence-electron chi connectivity index (χ1n) is 7.41. The Labute approximate surface area is 141 Å². The second-order valence-corrected chi connectivity index (χ2v) is 4.95. The van der Waals surface area contributed by atoms with E-state index in [-0.39, 0.29) is 11.4 Å². The van der Waals surface area contributed by atoms with Crippen LogP contribution in [0, 0.1) is 10.1 Å². The van der Waals surface area contributed by atoms with Crippen LogP contribution in [-0.4, -0.2) is 27.2 Å². The minimum absolute atomic E-state index is 0.108. The van der Waals surface area contributed by atoms with Gasteiger partial charge in [-0.05, 0) is 25.1 Å². The molecule has 0 aliphatic heterocycles. The Bertz CT molecular complexity index is 901. The van der Waals surface area contributed by atoms with E-state index in [1.807, 2.05) is 0 Å². The van der Waals surface area contributed by atoms with E-state index in [2.05, 4.69) is 10.6 Å². The lowest BCUT2D eigenvalue weighted by Gasteiger charge is -2.07. The SMILES string of the molecule is CCONC(=O)c1cc(-c2ccco2)nn1-c1cccc([N+](=O)[O-])c1. The predicted molar refractivity (Wildman–Crippen MR) is 87.0 cm³/mol. The summed E-state index contributed by atoms with van der Waals surface area (Å²) in [7, 11) is 0. The Morgan fingerprint density at radius 2 is 2.20 bits per heavy atom. The fourth-order valence-corrected chi connectivity index (χ4v) is 2.21. The number of furan rings is 1. The summed E-state index contributed by atoms with van der Waals surface area (Å²) in [5, 5.41) is 15.3. The third-order valence-electron chi connectivity index (χ3n) is 3.31. The van der Waals surface area contributed by atoms with Crippen LogP contribution in [-0.2, 0) is 4.84 Å². The summed E-state index contributed by atoms with van der Waals surface area (Å²) in [6.07, 6.45) is 1.49. The maximum Gasteiger partial charge on any atom is 0.293 e. The van der Waals surface area contributed by atoms with Gasteiger partial charge in [-0.2, -0.15) is 5.10 Å². The highest BCUT2D eigenvalue weighted by atomic mass is 16.6.